The van der Waals surface area contributed by atoms with E-state index in [1.165, 1.54) is 6.07 Å². The molecule has 0 radical (unpaired) electrons. The lowest BCUT2D eigenvalue weighted by molar-refractivity contribution is -0.131. The molecule has 7 nitrogen and oxygen atoms in total. The SMILES string of the molecule is [2H]C([2H])([2H])Oc1ccc(C=CC(=O)O)cc1OS(=O)(=O)O. The number of rotatable bonds is 5. The first kappa shape index (κ1) is 9.92. The lowest BCUT2D eigenvalue weighted by atomic mass is 10.2. The molecule has 18 heavy (non-hydrogen) atoms. The van der Waals surface area contributed by atoms with Crippen molar-refractivity contribution in [2.45, 2.75) is 0 Å². The van der Waals surface area contributed by atoms with Crippen LogP contribution in [0, 0.1) is 0 Å². The maximum atomic E-state index is 10.7. The minimum atomic E-state index is -4.91. The third-order valence-corrected chi connectivity index (χ3v) is 2.08. The Hall–Kier alpha value is -2.06. The van der Waals surface area contributed by atoms with Crippen molar-refractivity contribution in [2.75, 3.05) is 7.04 Å². The second-order valence-electron chi connectivity index (χ2n) is 2.99. The van der Waals surface area contributed by atoms with Gasteiger partial charge in [-0.15, -0.1) is 0 Å². The second kappa shape index (κ2) is 5.52. The number of aliphatic carboxylic acids is 1. The van der Waals surface area contributed by atoms with E-state index in [1.807, 2.05) is 0 Å². The summed E-state index contributed by atoms with van der Waals surface area (Å²) < 4.78 is 59.6. The monoisotopic (exact) mass is 277 g/mol. The topological polar surface area (TPSA) is 110 Å². The highest BCUT2D eigenvalue weighted by molar-refractivity contribution is 7.81. The van der Waals surface area contributed by atoms with Crippen LogP contribution in [-0.2, 0) is 15.2 Å². The highest BCUT2D eigenvalue weighted by Gasteiger charge is 2.12. The van der Waals surface area contributed by atoms with Gasteiger partial charge in [0, 0.05) is 6.08 Å². The highest BCUT2D eigenvalue weighted by Crippen LogP contribution is 2.29. The Kier molecular flexibility index (Phi) is 3.04. The molecule has 98 valence electrons. The van der Waals surface area contributed by atoms with E-state index in [0.717, 1.165) is 24.3 Å². The predicted octanol–water partition coefficient (Wildman–Crippen LogP) is 0.975. The minimum Gasteiger partial charge on any atom is -0.493 e. The van der Waals surface area contributed by atoms with E-state index in [4.69, 9.17) is 13.8 Å². The summed E-state index contributed by atoms with van der Waals surface area (Å²) in [6.07, 6.45) is 1.88. The third kappa shape index (κ3) is 4.44. The molecular formula is C10H10O7S. The first-order valence-electron chi connectivity index (χ1n) is 5.87. The quantitative estimate of drug-likeness (QED) is 0.609. The first-order chi connectivity index (χ1) is 9.46. The summed E-state index contributed by atoms with van der Waals surface area (Å²) in [6, 6.07) is 3.33. The van der Waals surface area contributed by atoms with Gasteiger partial charge in [-0.3, -0.25) is 4.55 Å². The third-order valence-electron chi connectivity index (χ3n) is 1.69. The van der Waals surface area contributed by atoms with Crippen molar-refractivity contribution < 1.29 is 35.9 Å². The van der Waals surface area contributed by atoms with Crippen LogP contribution in [0.1, 0.15) is 9.68 Å². The Morgan fingerprint density at radius 3 is 2.72 bits per heavy atom. The first-order valence-corrected chi connectivity index (χ1v) is 5.74. The summed E-state index contributed by atoms with van der Waals surface area (Å²) >= 11 is 0. The maximum Gasteiger partial charge on any atom is 0.446 e. The number of carbonyl (C=O) groups is 1. The fourth-order valence-corrected chi connectivity index (χ4v) is 1.42. The van der Waals surface area contributed by atoms with Gasteiger partial charge in [-0.2, -0.15) is 8.42 Å². The molecule has 0 unspecified atom stereocenters. The molecule has 0 fully saturated rings. The van der Waals surface area contributed by atoms with E-state index in [2.05, 4.69) is 8.92 Å². The summed E-state index contributed by atoms with van der Waals surface area (Å²) in [5.74, 6) is -2.30. The molecule has 0 aliphatic carbocycles. The molecule has 0 bridgehead atoms. The molecule has 2 N–H and O–H groups in total. The maximum absolute atomic E-state index is 10.7. The van der Waals surface area contributed by atoms with Gasteiger partial charge in [0.2, 0.25) is 0 Å². The number of benzene rings is 1. The molecule has 0 aromatic heterocycles. The highest BCUT2D eigenvalue weighted by atomic mass is 32.3. The van der Waals surface area contributed by atoms with Crippen LogP contribution in [0.15, 0.2) is 24.3 Å². The molecule has 1 aromatic rings. The van der Waals surface area contributed by atoms with Crippen LogP contribution in [0.5, 0.6) is 11.5 Å². The van der Waals surface area contributed by atoms with Gasteiger partial charge in [-0.1, -0.05) is 6.07 Å². The van der Waals surface area contributed by atoms with Crippen LogP contribution < -0.4 is 8.92 Å². The van der Waals surface area contributed by atoms with Gasteiger partial charge in [0.25, 0.3) is 0 Å². The predicted molar refractivity (Wildman–Crippen MR) is 61.8 cm³/mol. The lowest BCUT2D eigenvalue weighted by Crippen LogP contribution is -2.07. The molecule has 1 aromatic carbocycles. The molecular weight excluding hydrogens is 264 g/mol. The summed E-state index contributed by atoms with van der Waals surface area (Å²) in [5.41, 5.74) is 0.189. The smallest absolute Gasteiger partial charge is 0.446 e. The standard InChI is InChI=1S/C10H10O7S/c1-16-8-4-2-7(3-5-10(11)12)6-9(8)17-18(13,14)15/h2-6H,1H3,(H,11,12)(H,13,14,15)/i1D3. The van der Waals surface area contributed by atoms with E-state index < -0.39 is 34.9 Å². The van der Waals surface area contributed by atoms with E-state index in [1.54, 1.807) is 0 Å². The second-order valence-corrected chi connectivity index (χ2v) is 4.01. The molecule has 8 heteroatoms. The Balaban J connectivity index is 3.22. The molecule has 0 amide bonds. The summed E-state index contributed by atoms with van der Waals surface area (Å²) in [7, 11) is -7.77. The summed E-state index contributed by atoms with van der Waals surface area (Å²) in [6.45, 7) is 0. The number of ether oxygens (including phenoxy) is 1. The Morgan fingerprint density at radius 2 is 2.17 bits per heavy atom. The lowest BCUT2D eigenvalue weighted by Gasteiger charge is -2.08. The van der Waals surface area contributed by atoms with Crippen LogP contribution >= 0.6 is 0 Å². The molecule has 0 aliphatic heterocycles. The van der Waals surface area contributed by atoms with E-state index in [-0.39, 0.29) is 5.56 Å². The molecule has 0 atom stereocenters. The van der Waals surface area contributed by atoms with Gasteiger partial charge < -0.3 is 14.0 Å². The van der Waals surface area contributed by atoms with Crippen LogP contribution in [0.2, 0.25) is 0 Å². The number of hydrogen-bond acceptors (Lipinski definition) is 5. The zero-order valence-corrected chi connectivity index (χ0v) is 9.55. The molecule has 0 heterocycles. The minimum absolute atomic E-state index is 0.189. The Bertz CT molecular complexity index is 664. The van der Waals surface area contributed by atoms with Gasteiger partial charge in [-0.25, -0.2) is 4.79 Å². The van der Waals surface area contributed by atoms with Crippen molar-refractivity contribution in [1.29, 1.82) is 0 Å². The van der Waals surface area contributed by atoms with Crippen molar-refractivity contribution in [1.82, 2.24) is 0 Å². The Morgan fingerprint density at radius 1 is 1.44 bits per heavy atom. The number of methoxy groups -OCH3 is 1. The van der Waals surface area contributed by atoms with Gasteiger partial charge in [-0.05, 0) is 23.8 Å². The average Bonchev–Trinajstić information content (AvgIpc) is 2.25. The van der Waals surface area contributed by atoms with Gasteiger partial charge in [0.05, 0.1) is 11.2 Å². The van der Waals surface area contributed by atoms with Crippen LogP contribution in [0.3, 0.4) is 0 Å². The van der Waals surface area contributed by atoms with Crippen molar-refractivity contribution in [2.24, 2.45) is 0 Å². The van der Waals surface area contributed by atoms with Crippen LogP contribution in [0.25, 0.3) is 6.08 Å². The van der Waals surface area contributed by atoms with Crippen molar-refractivity contribution in [3.8, 4) is 11.5 Å². The molecule has 0 saturated heterocycles. The molecule has 1 rings (SSSR count). The average molecular weight is 277 g/mol. The summed E-state index contributed by atoms with van der Waals surface area (Å²) in [4.78, 5) is 10.4. The van der Waals surface area contributed by atoms with Gasteiger partial charge in [0.1, 0.15) is 0 Å². The fourth-order valence-electron chi connectivity index (χ4n) is 1.06. The van der Waals surface area contributed by atoms with Crippen molar-refractivity contribution in [3.63, 3.8) is 0 Å². The largest absolute Gasteiger partial charge is 0.493 e. The normalized spacial score (nSPS) is 14.6. The van der Waals surface area contributed by atoms with E-state index in [9.17, 15) is 13.2 Å². The van der Waals surface area contributed by atoms with E-state index in [0.29, 0.717) is 0 Å². The molecule has 0 aliphatic rings. The zero-order chi connectivity index (χ0) is 16.3. The number of carboxylic acid groups (broad SMARTS) is 1. The van der Waals surface area contributed by atoms with Gasteiger partial charge >= 0.3 is 16.4 Å². The van der Waals surface area contributed by atoms with E-state index >= 15 is 0 Å². The Labute approximate surface area is 107 Å². The van der Waals surface area contributed by atoms with Crippen molar-refractivity contribution >= 4 is 22.4 Å². The zero-order valence-electron chi connectivity index (χ0n) is 11.7. The fraction of sp³-hybridized carbons (Fsp3) is 0.100. The number of carboxylic acids is 1. The van der Waals surface area contributed by atoms with Crippen molar-refractivity contribution in [3.05, 3.63) is 29.8 Å². The van der Waals surface area contributed by atoms with Crippen LogP contribution in [0.4, 0.5) is 0 Å². The summed E-state index contributed by atoms with van der Waals surface area (Å²) in [5, 5.41) is 8.48. The number of hydrogen-bond donors (Lipinski definition) is 2. The van der Waals surface area contributed by atoms with Gasteiger partial charge in [0.15, 0.2) is 11.5 Å². The molecule has 0 saturated carbocycles. The molecule has 0 spiro atoms. The van der Waals surface area contributed by atoms with Crippen LogP contribution in [-0.4, -0.2) is 31.1 Å².